The molecular weight excluding hydrogens is 502 g/mol. The van der Waals surface area contributed by atoms with Gasteiger partial charge in [0, 0.05) is 23.5 Å². The molecule has 8 nitrogen and oxygen atoms in total. The van der Waals surface area contributed by atoms with Crippen molar-refractivity contribution in [3.05, 3.63) is 36.0 Å². The lowest BCUT2D eigenvalue weighted by Crippen LogP contribution is -2.61. The maximum atomic E-state index is 13.8. The first-order valence-electron chi connectivity index (χ1n) is 13.7. The second-order valence-electron chi connectivity index (χ2n) is 11.6. The molecule has 0 spiro atoms. The molecule has 2 amide bonds. The first-order valence-corrected chi connectivity index (χ1v) is 15.1. The highest BCUT2D eigenvalue weighted by Gasteiger charge is 2.50. The molecule has 3 N–H and O–H groups in total. The van der Waals surface area contributed by atoms with E-state index in [-0.39, 0.29) is 12.5 Å². The van der Waals surface area contributed by atoms with Crippen LogP contribution in [0.2, 0.25) is 0 Å². The van der Waals surface area contributed by atoms with Crippen molar-refractivity contribution < 1.29 is 23.9 Å². The summed E-state index contributed by atoms with van der Waals surface area (Å²) < 4.78 is 11.0. The Morgan fingerprint density at radius 2 is 1.79 bits per heavy atom. The zero-order valence-corrected chi connectivity index (χ0v) is 23.3. The third kappa shape index (κ3) is 5.53. The molecule has 1 aromatic carbocycles. The van der Waals surface area contributed by atoms with Gasteiger partial charge in [0.15, 0.2) is 0 Å². The molecule has 6 rings (SSSR count). The standard InChI is InChI=1S/C29H39N3O5S/c1-29(15-21-16-30-23-7-5-4-6-22(21)23,27(34)31-24(8-9-38-3)26(33)36-2)32-28(35)37-25-19-11-17-10-18(13-19)14-20(25)12-17/h4-7,16-20,24-25,30H,8-15H2,1-3H3,(H,31,34)(H,32,35)/t17?,18?,19?,20?,24-,25?,29+/m0/s1. The van der Waals surface area contributed by atoms with Gasteiger partial charge in [-0.3, -0.25) is 4.79 Å². The summed E-state index contributed by atoms with van der Waals surface area (Å²) in [6, 6.07) is 7.05. The number of rotatable bonds is 10. The number of methoxy groups -OCH3 is 1. The zero-order chi connectivity index (χ0) is 26.9. The number of nitrogens with one attached hydrogen (secondary N) is 3. The first kappa shape index (κ1) is 26.9. The van der Waals surface area contributed by atoms with Crippen molar-refractivity contribution in [3.8, 4) is 0 Å². The fourth-order valence-electron chi connectivity index (χ4n) is 7.23. The minimum Gasteiger partial charge on any atom is -0.467 e. The summed E-state index contributed by atoms with van der Waals surface area (Å²) in [4.78, 5) is 42.8. The van der Waals surface area contributed by atoms with E-state index in [0.717, 1.165) is 54.0 Å². The van der Waals surface area contributed by atoms with Crippen molar-refractivity contribution in [3.63, 3.8) is 0 Å². The fraction of sp³-hybridized carbons (Fsp3) is 0.621. The van der Waals surface area contributed by atoms with Crippen LogP contribution in [0.4, 0.5) is 4.79 Å². The number of fused-ring (bicyclic) bond motifs is 1. The molecule has 0 saturated heterocycles. The van der Waals surface area contributed by atoms with Gasteiger partial charge >= 0.3 is 12.1 Å². The number of carbonyl (C=O) groups is 3. The van der Waals surface area contributed by atoms with Crippen LogP contribution in [0.25, 0.3) is 10.9 Å². The van der Waals surface area contributed by atoms with Crippen LogP contribution in [0, 0.1) is 23.7 Å². The number of para-hydroxylation sites is 1. The number of hydrogen-bond acceptors (Lipinski definition) is 6. The number of esters is 1. The maximum Gasteiger partial charge on any atom is 0.408 e. The summed E-state index contributed by atoms with van der Waals surface area (Å²) in [6.07, 6.45) is 9.67. The average molecular weight is 542 g/mol. The van der Waals surface area contributed by atoms with E-state index in [1.165, 1.54) is 13.5 Å². The fourth-order valence-corrected chi connectivity index (χ4v) is 7.70. The number of aromatic nitrogens is 1. The Balaban J connectivity index is 1.35. The van der Waals surface area contributed by atoms with E-state index < -0.39 is 29.6 Å². The SMILES string of the molecule is COC(=O)[C@H](CCSC)NC(=O)[C@@](C)(Cc1c[nH]c2ccccc12)NC(=O)OC1C2CC3CC(C2)CC1C3. The lowest BCUT2D eigenvalue weighted by molar-refractivity contribution is -0.146. The second-order valence-corrected chi connectivity index (χ2v) is 12.6. The Labute approximate surface area is 228 Å². The number of amides is 2. The van der Waals surface area contributed by atoms with Crippen molar-refractivity contribution in [2.75, 3.05) is 19.1 Å². The molecule has 1 aromatic heterocycles. The van der Waals surface area contributed by atoms with Gasteiger partial charge in [-0.2, -0.15) is 11.8 Å². The Morgan fingerprint density at radius 1 is 1.11 bits per heavy atom. The molecule has 2 atom stereocenters. The summed E-state index contributed by atoms with van der Waals surface area (Å²) in [7, 11) is 1.31. The van der Waals surface area contributed by atoms with Crippen LogP contribution in [0.5, 0.6) is 0 Å². The van der Waals surface area contributed by atoms with Gasteiger partial charge in [0.1, 0.15) is 17.7 Å². The van der Waals surface area contributed by atoms with E-state index in [2.05, 4.69) is 15.6 Å². The van der Waals surface area contributed by atoms with Crippen LogP contribution in [0.15, 0.2) is 30.5 Å². The molecule has 0 radical (unpaired) electrons. The van der Waals surface area contributed by atoms with E-state index in [1.807, 2.05) is 36.7 Å². The Hall–Kier alpha value is -2.68. The molecule has 38 heavy (non-hydrogen) atoms. The van der Waals surface area contributed by atoms with Crippen molar-refractivity contribution in [1.29, 1.82) is 0 Å². The zero-order valence-electron chi connectivity index (χ0n) is 22.5. The number of alkyl carbamates (subject to hydrolysis) is 1. The summed E-state index contributed by atoms with van der Waals surface area (Å²) in [5.41, 5.74) is 0.500. The Bertz CT molecular complexity index is 1150. The highest BCUT2D eigenvalue weighted by Crippen LogP contribution is 2.54. The summed E-state index contributed by atoms with van der Waals surface area (Å²) in [5.74, 6) is 2.12. The van der Waals surface area contributed by atoms with Gasteiger partial charge in [-0.25, -0.2) is 9.59 Å². The van der Waals surface area contributed by atoms with E-state index in [1.54, 1.807) is 18.7 Å². The Morgan fingerprint density at radius 3 is 2.45 bits per heavy atom. The van der Waals surface area contributed by atoms with E-state index >= 15 is 0 Å². The lowest BCUT2D eigenvalue weighted by Gasteiger charge is -2.53. The number of aromatic amines is 1. The lowest BCUT2D eigenvalue weighted by atomic mass is 9.55. The van der Waals surface area contributed by atoms with E-state index in [4.69, 9.17) is 9.47 Å². The highest BCUT2D eigenvalue weighted by atomic mass is 32.2. The van der Waals surface area contributed by atoms with E-state index in [9.17, 15) is 14.4 Å². The predicted molar refractivity (Wildman–Crippen MR) is 148 cm³/mol. The van der Waals surface area contributed by atoms with Crippen molar-refractivity contribution in [2.45, 2.75) is 69.6 Å². The predicted octanol–water partition coefficient (Wildman–Crippen LogP) is 4.43. The topological polar surface area (TPSA) is 110 Å². The van der Waals surface area contributed by atoms with E-state index in [0.29, 0.717) is 24.0 Å². The molecule has 206 valence electrons. The number of thioether (sulfide) groups is 1. The molecule has 4 aliphatic carbocycles. The van der Waals surface area contributed by atoms with Crippen molar-refractivity contribution in [1.82, 2.24) is 15.6 Å². The molecule has 4 fully saturated rings. The molecule has 1 heterocycles. The average Bonchev–Trinajstić information content (AvgIpc) is 3.30. The molecule has 0 aliphatic heterocycles. The van der Waals surface area contributed by atoms with Crippen LogP contribution < -0.4 is 10.6 Å². The minimum atomic E-state index is -1.35. The Kier molecular flexibility index (Phi) is 7.93. The van der Waals surface area contributed by atoms with Crippen LogP contribution in [0.3, 0.4) is 0 Å². The maximum absolute atomic E-state index is 13.8. The third-order valence-corrected chi connectivity index (χ3v) is 9.53. The first-order chi connectivity index (χ1) is 18.3. The van der Waals surface area contributed by atoms with Crippen LogP contribution in [-0.2, 0) is 25.5 Å². The normalized spacial score (nSPS) is 27.9. The number of benzene rings is 1. The number of H-pyrrole nitrogens is 1. The highest BCUT2D eigenvalue weighted by molar-refractivity contribution is 7.98. The van der Waals surface area contributed by atoms with Gasteiger partial charge in [0.05, 0.1) is 7.11 Å². The smallest absolute Gasteiger partial charge is 0.408 e. The molecule has 9 heteroatoms. The summed E-state index contributed by atoms with van der Waals surface area (Å²) in [6.45, 7) is 1.70. The molecule has 4 aliphatic rings. The van der Waals surface area contributed by atoms with Crippen LogP contribution in [0.1, 0.15) is 51.0 Å². The summed E-state index contributed by atoms with van der Waals surface area (Å²) >= 11 is 1.59. The van der Waals surface area contributed by atoms with Gasteiger partial charge in [-0.15, -0.1) is 0 Å². The number of hydrogen-bond donors (Lipinski definition) is 3. The molecule has 0 unspecified atom stereocenters. The van der Waals surface area contributed by atoms with Gasteiger partial charge in [-0.1, -0.05) is 18.2 Å². The van der Waals surface area contributed by atoms with Crippen LogP contribution >= 0.6 is 11.8 Å². The van der Waals surface area contributed by atoms with Crippen LogP contribution in [-0.4, -0.2) is 59.8 Å². The molecule has 4 bridgehead atoms. The van der Waals surface area contributed by atoms with Crippen molar-refractivity contribution >= 4 is 40.6 Å². The van der Waals surface area contributed by atoms with Gasteiger partial charge in [0.2, 0.25) is 5.91 Å². The van der Waals surface area contributed by atoms with Gasteiger partial charge < -0.3 is 25.1 Å². The molecule has 4 saturated carbocycles. The molecular formula is C29H39N3O5S. The van der Waals surface area contributed by atoms with Gasteiger partial charge in [0.25, 0.3) is 0 Å². The van der Waals surface area contributed by atoms with Crippen molar-refractivity contribution in [2.24, 2.45) is 23.7 Å². The van der Waals surface area contributed by atoms with Gasteiger partial charge in [-0.05, 0) is 92.8 Å². The minimum absolute atomic E-state index is 0.0902. The monoisotopic (exact) mass is 541 g/mol. The summed E-state index contributed by atoms with van der Waals surface area (Å²) in [5, 5.41) is 6.77. The quantitative estimate of drug-likeness (QED) is 0.384. The number of carbonyl (C=O) groups excluding carboxylic acids is 3. The molecule has 2 aromatic rings. The second kappa shape index (κ2) is 11.2. The largest absolute Gasteiger partial charge is 0.467 e. The number of ether oxygens (including phenoxy) is 2. The third-order valence-electron chi connectivity index (χ3n) is 8.88.